The van der Waals surface area contributed by atoms with Crippen molar-refractivity contribution in [3.05, 3.63) is 15.9 Å². The molecule has 0 aromatic carbocycles. The van der Waals surface area contributed by atoms with Gasteiger partial charge in [0.2, 0.25) is 0 Å². The molecule has 96 valence electrons. The SMILES string of the molecule is CCc1nn(C)c(CC(=O)C(C)(C)CC)c1Br. The second-order valence-electron chi connectivity index (χ2n) is 5.02. The summed E-state index contributed by atoms with van der Waals surface area (Å²) >= 11 is 3.54. The fourth-order valence-corrected chi connectivity index (χ4v) is 2.36. The van der Waals surface area contributed by atoms with E-state index in [4.69, 9.17) is 0 Å². The highest BCUT2D eigenvalue weighted by Gasteiger charge is 2.27. The molecule has 0 bridgehead atoms. The number of nitrogens with zero attached hydrogens (tertiary/aromatic N) is 2. The molecule has 3 nitrogen and oxygen atoms in total. The van der Waals surface area contributed by atoms with E-state index in [-0.39, 0.29) is 11.2 Å². The molecule has 0 aliphatic heterocycles. The predicted molar refractivity (Wildman–Crippen MR) is 73.1 cm³/mol. The summed E-state index contributed by atoms with van der Waals surface area (Å²) in [5, 5.41) is 4.41. The molecule has 17 heavy (non-hydrogen) atoms. The van der Waals surface area contributed by atoms with E-state index in [0.717, 1.165) is 28.7 Å². The van der Waals surface area contributed by atoms with Crippen LogP contribution < -0.4 is 0 Å². The number of Topliss-reactive ketones (excluding diaryl/α,β-unsaturated/α-hetero) is 1. The van der Waals surface area contributed by atoms with E-state index in [9.17, 15) is 4.79 Å². The Labute approximate surface area is 112 Å². The zero-order valence-corrected chi connectivity index (χ0v) is 12.9. The first-order chi connectivity index (χ1) is 7.83. The number of hydrogen-bond acceptors (Lipinski definition) is 2. The van der Waals surface area contributed by atoms with Crippen molar-refractivity contribution in [1.29, 1.82) is 0 Å². The molecule has 0 saturated heterocycles. The first kappa shape index (κ1) is 14.4. The summed E-state index contributed by atoms with van der Waals surface area (Å²) in [6, 6.07) is 0. The van der Waals surface area contributed by atoms with Crippen LogP contribution in [0.4, 0.5) is 0 Å². The average molecular weight is 301 g/mol. The highest BCUT2D eigenvalue weighted by molar-refractivity contribution is 9.10. The molecule has 1 aromatic heterocycles. The van der Waals surface area contributed by atoms with Crippen LogP contribution in [0.1, 0.15) is 45.5 Å². The van der Waals surface area contributed by atoms with E-state index in [1.165, 1.54) is 0 Å². The number of rotatable bonds is 5. The summed E-state index contributed by atoms with van der Waals surface area (Å²) in [5.74, 6) is 0.270. The summed E-state index contributed by atoms with van der Waals surface area (Å²) in [6.45, 7) is 8.11. The van der Waals surface area contributed by atoms with Gasteiger partial charge in [0, 0.05) is 12.5 Å². The lowest BCUT2D eigenvalue weighted by molar-refractivity contribution is -0.126. The molecule has 4 heteroatoms. The molecule has 1 rings (SSSR count). The van der Waals surface area contributed by atoms with E-state index in [1.54, 1.807) is 0 Å². The highest BCUT2D eigenvalue weighted by atomic mass is 79.9. The van der Waals surface area contributed by atoms with Gasteiger partial charge in [0.25, 0.3) is 0 Å². The van der Waals surface area contributed by atoms with Crippen LogP contribution in [-0.4, -0.2) is 15.6 Å². The van der Waals surface area contributed by atoms with Crippen LogP contribution in [0.2, 0.25) is 0 Å². The molecule has 0 spiro atoms. The van der Waals surface area contributed by atoms with Gasteiger partial charge in [0.1, 0.15) is 5.78 Å². The summed E-state index contributed by atoms with van der Waals surface area (Å²) < 4.78 is 2.80. The molecular formula is C13H21BrN2O. The number of hydrogen-bond donors (Lipinski definition) is 0. The van der Waals surface area contributed by atoms with E-state index < -0.39 is 0 Å². The van der Waals surface area contributed by atoms with Crippen molar-refractivity contribution in [2.45, 2.75) is 47.0 Å². The van der Waals surface area contributed by atoms with Crippen molar-refractivity contribution in [1.82, 2.24) is 9.78 Å². The molecule has 0 aliphatic rings. The molecule has 0 saturated carbocycles. The quantitative estimate of drug-likeness (QED) is 0.836. The Morgan fingerprint density at radius 1 is 1.41 bits per heavy atom. The Hall–Kier alpha value is -0.640. The summed E-state index contributed by atoms with van der Waals surface area (Å²) in [4.78, 5) is 12.2. The fourth-order valence-electron chi connectivity index (χ4n) is 1.60. The standard InChI is InChI=1S/C13H21BrN2O/c1-6-9-12(14)10(16(5)15-9)8-11(17)13(3,4)7-2/h6-8H2,1-5H3. The summed E-state index contributed by atoms with van der Waals surface area (Å²) in [6.07, 6.45) is 2.19. The van der Waals surface area contributed by atoms with Gasteiger partial charge >= 0.3 is 0 Å². The fraction of sp³-hybridized carbons (Fsp3) is 0.692. The third-order valence-corrected chi connectivity index (χ3v) is 4.39. The zero-order valence-electron chi connectivity index (χ0n) is 11.3. The van der Waals surface area contributed by atoms with Crippen molar-refractivity contribution in [2.24, 2.45) is 12.5 Å². The number of carbonyl (C=O) groups excluding carboxylic acids is 1. The Morgan fingerprint density at radius 3 is 2.41 bits per heavy atom. The van der Waals surface area contributed by atoms with Crippen LogP contribution in [-0.2, 0) is 24.7 Å². The maximum absolute atomic E-state index is 12.2. The van der Waals surface area contributed by atoms with E-state index in [2.05, 4.69) is 28.0 Å². The summed E-state index contributed by atoms with van der Waals surface area (Å²) in [5.41, 5.74) is 1.74. The summed E-state index contributed by atoms with van der Waals surface area (Å²) in [7, 11) is 1.89. The van der Waals surface area contributed by atoms with Crippen molar-refractivity contribution >= 4 is 21.7 Å². The molecule has 0 unspecified atom stereocenters. The molecule has 0 N–H and O–H groups in total. The number of ketones is 1. The van der Waals surface area contributed by atoms with Gasteiger partial charge < -0.3 is 0 Å². The Balaban J connectivity index is 2.97. The van der Waals surface area contributed by atoms with Gasteiger partial charge in [0.05, 0.1) is 22.3 Å². The molecule has 0 amide bonds. The minimum atomic E-state index is -0.254. The van der Waals surface area contributed by atoms with Crippen LogP contribution in [0.3, 0.4) is 0 Å². The van der Waals surface area contributed by atoms with Crippen molar-refractivity contribution in [3.8, 4) is 0 Å². The molecular weight excluding hydrogens is 280 g/mol. The molecule has 0 fully saturated rings. The number of aromatic nitrogens is 2. The van der Waals surface area contributed by atoms with Gasteiger partial charge in [-0.25, -0.2) is 0 Å². The normalized spacial score (nSPS) is 11.9. The van der Waals surface area contributed by atoms with Gasteiger partial charge in [-0.05, 0) is 28.8 Å². The minimum absolute atomic E-state index is 0.254. The van der Waals surface area contributed by atoms with Crippen LogP contribution >= 0.6 is 15.9 Å². The molecule has 0 radical (unpaired) electrons. The molecule has 1 aromatic rings. The third-order valence-electron chi connectivity index (χ3n) is 3.47. The van der Waals surface area contributed by atoms with Gasteiger partial charge in [0.15, 0.2) is 0 Å². The average Bonchev–Trinajstić information content (AvgIpc) is 2.56. The lowest BCUT2D eigenvalue weighted by Crippen LogP contribution is -2.26. The molecule has 0 atom stereocenters. The number of carbonyl (C=O) groups is 1. The van der Waals surface area contributed by atoms with Crippen LogP contribution in [0.25, 0.3) is 0 Å². The van der Waals surface area contributed by atoms with Crippen molar-refractivity contribution in [3.63, 3.8) is 0 Å². The minimum Gasteiger partial charge on any atom is -0.299 e. The van der Waals surface area contributed by atoms with E-state index in [1.807, 2.05) is 32.5 Å². The van der Waals surface area contributed by atoms with E-state index >= 15 is 0 Å². The Morgan fingerprint density at radius 2 is 2.00 bits per heavy atom. The predicted octanol–water partition coefficient (Wildman–Crippen LogP) is 3.29. The first-order valence-electron chi connectivity index (χ1n) is 6.07. The van der Waals surface area contributed by atoms with E-state index in [0.29, 0.717) is 6.42 Å². The second-order valence-corrected chi connectivity index (χ2v) is 5.81. The second kappa shape index (κ2) is 5.34. The topological polar surface area (TPSA) is 34.9 Å². The van der Waals surface area contributed by atoms with Gasteiger partial charge in [-0.2, -0.15) is 5.10 Å². The number of halogens is 1. The van der Waals surface area contributed by atoms with Gasteiger partial charge in [-0.15, -0.1) is 0 Å². The smallest absolute Gasteiger partial charge is 0.144 e. The first-order valence-corrected chi connectivity index (χ1v) is 6.86. The van der Waals surface area contributed by atoms with Gasteiger partial charge in [-0.1, -0.05) is 27.7 Å². The lowest BCUT2D eigenvalue weighted by atomic mass is 9.83. The maximum atomic E-state index is 12.2. The van der Waals surface area contributed by atoms with Crippen LogP contribution in [0.5, 0.6) is 0 Å². The highest BCUT2D eigenvalue weighted by Crippen LogP contribution is 2.27. The van der Waals surface area contributed by atoms with Crippen LogP contribution in [0, 0.1) is 5.41 Å². The van der Waals surface area contributed by atoms with Crippen molar-refractivity contribution < 1.29 is 4.79 Å². The monoisotopic (exact) mass is 300 g/mol. The molecule has 0 aliphatic carbocycles. The Bertz CT molecular complexity index is 421. The van der Waals surface area contributed by atoms with Crippen LogP contribution in [0.15, 0.2) is 4.47 Å². The largest absolute Gasteiger partial charge is 0.299 e. The van der Waals surface area contributed by atoms with Crippen molar-refractivity contribution in [2.75, 3.05) is 0 Å². The Kier molecular flexibility index (Phi) is 4.53. The van der Waals surface area contributed by atoms with Gasteiger partial charge in [-0.3, -0.25) is 9.48 Å². The molecule has 1 heterocycles. The zero-order chi connectivity index (χ0) is 13.2. The maximum Gasteiger partial charge on any atom is 0.144 e. The number of aryl methyl sites for hydroxylation is 2. The third kappa shape index (κ3) is 2.97. The lowest BCUT2D eigenvalue weighted by Gasteiger charge is -2.20.